The molecule has 0 heterocycles. The second-order valence-electron chi connectivity index (χ2n) is 7.03. The van der Waals surface area contributed by atoms with Crippen LogP contribution >= 0.6 is 0 Å². The predicted molar refractivity (Wildman–Crippen MR) is 118 cm³/mol. The van der Waals surface area contributed by atoms with Gasteiger partial charge < -0.3 is 10.1 Å². The lowest BCUT2D eigenvalue weighted by atomic mass is 10.1. The quantitative estimate of drug-likeness (QED) is 0.191. The standard InChI is InChI=1S/C24H18F3N3O4/c1-15-9-11-16(12-10-15)23(33)34-20-8-3-2-5-17(20)14-28-30-22(32)21(31)29-19-7-4-6-18(13-19)24(25,26)27/h2-14H,1H3,(H,29,31)(H,30,32)/b28-14+. The molecule has 0 aliphatic carbocycles. The van der Waals surface area contributed by atoms with Crippen molar-refractivity contribution in [2.45, 2.75) is 13.1 Å². The summed E-state index contributed by atoms with van der Waals surface area (Å²) in [5.41, 5.74) is 2.46. The Bertz CT molecular complexity index is 1240. The molecule has 3 rings (SSSR count). The summed E-state index contributed by atoms with van der Waals surface area (Å²) in [5.74, 6) is -2.84. The molecular weight excluding hydrogens is 451 g/mol. The molecule has 3 aromatic carbocycles. The lowest BCUT2D eigenvalue weighted by Gasteiger charge is -2.09. The van der Waals surface area contributed by atoms with Crippen LogP contribution in [-0.2, 0) is 15.8 Å². The predicted octanol–water partition coefficient (Wildman–Crippen LogP) is 4.32. The van der Waals surface area contributed by atoms with E-state index < -0.39 is 29.5 Å². The Morgan fingerprint density at radius 2 is 1.62 bits per heavy atom. The Hall–Kier alpha value is -4.47. The lowest BCUT2D eigenvalue weighted by Crippen LogP contribution is -2.32. The molecule has 0 atom stereocenters. The highest BCUT2D eigenvalue weighted by molar-refractivity contribution is 6.39. The number of ether oxygens (including phenoxy) is 1. The van der Waals surface area contributed by atoms with Crippen LogP contribution in [0.2, 0.25) is 0 Å². The zero-order valence-corrected chi connectivity index (χ0v) is 17.7. The van der Waals surface area contributed by atoms with E-state index in [1.54, 1.807) is 42.5 Å². The number of anilines is 1. The fourth-order valence-corrected chi connectivity index (χ4v) is 2.70. The van der Waals surface area contributed by atoms with Crippen molar-refractivity contribution in [2.75, 3.05) is 5.32 Å². The second kappa shape index (κ2) is 10.4. The van der Waals surface area contributed by atoms with Crippen LogP contribution in [0.3, 0.4) is 0 Å². The van der Waals surface area contributed by atoms with Gasteiger partial charge in [0, 0.05) is 11.3 Å². The van der Waals surface area contributed by atoms with Crippen LogP contribution < -0.4 is 15.5 Å². The summed E-state index contributed by atoms with van der Waals surface area (Å²) in [6.45, 7) is 1.88. The fraction of sp³-hybridized carbons (Fsp3) is 0.0833. The van der Waals surface area contributed by atoms with Crippen LogP contribution in [-0.4, -0.2) is 24.0 Å². The monoisotopic (exact) mass is 469 g/mol. The number of nitrogens with one attached hydrogen (secondary N) is 2. The van der Waals surface area contributed by atoms with E-state index in [4.69, 9.17) is 4.74 Å². The minimum Gasteiger partial charge on any atom is -0.422 e. The largest absolute Gasteiger partial charge is 0.422 e. The second-order valence-corrected chi connectivity index (χ2v) is 7.03. The normalized spacial score (nSPS) is 11.2. The minimum atomic E-state index is -4.59. The van der Waals surface area contributed by atoms with Gasteiger partial charge in [-0.3, -0.25) is 9.59 Å². The molecule has 0 spiro atoms. The zero-order chi connectivity index (χ0) is 24.7. The molecule has 0 aromatic heterocycles. The van der Waals surface area contributed by atoms with E-state index in [9.17, 15) is 27.6 Å². The first-order valence-corrected chi connectivity index (χ1v) is 9.83. The fourth-order valence-electron chi connectivity index (χ4n) is 2.70. The summed E-state index contributed by atoms with van der Waals surface area (Å²) in [4.78, 5) is 36.3. The van der Waals surface area contributed by atoms with E-state index in [2.05, 4.69) is 10.4 Å². The number of carbonyl (C=O) groups excluding carboxylic acids is 3. The number of carbonyl (C=O) groups is 3. The maximum Gasteiger partial charge on any atom is 0.416 e. The number of aryl methyl sites for hydroxylation is 1. The van der Waals surface area contributed by atoms with Crippen molar-refractivity contribution in [2.24, 2.45) is 5.10 Å². The topological polar surface area (TPSA) is 96.9 Å². The molecule has 0 aliphatic rings. The molecule has 0 unspecified atom stereocenters. The molecule has 0 bridgehead atoms. The van der Waals surface area contributed by atoms with Crippen molar-refractivity contribution < 1.29 is 32.3 Å². The number of hydrazone groups is 1. The molecule has 0 saturated heterocycles. The Balaban J connectivity index is 1.62. The molecule has 7 nitrogen and oxygen atoms in total. The molecule has 174 valence electrons. The molecule has 2 amide bonds. The number of hydrogen-bond acceptors (Lipinski definition) is 5. The number of nitrogens with zero attached hydrogens (tertiary/aromatic N) is 1. The van der Waals surface area contributed by atoms with E-state index in [1.807, 2.05) is 12.3 Å². The van der Waals surface area contributed by atoms with E-state index in [0.29, 0.717) is 17.2 Å². The molecule has 0 fully saturated rings. The van der Waals surface area contributed by atoms with Gasteiger partial charge in [-0.2, -0.15) is 18.3 Å². The van der Waals surface area contributed by atoms with Crippen molar-refractivity contribution in [1.29, 1.82) is 0 Å². The zero-order valence-electron chi connectivity index (χ0n) is 17.7. The highest BCUT2D eigenvalue weighted by Gasteiger charge is 2.30. The lowest BCUT2D eigenvalue weighted by molar-refractivity contribution is -0.137. The van der Waals surface area contributed by atoms with Gasteiger partial charge in [0.25, 0.3) is 0 Å². The van der Waals surface area contributed by atoms with Gasteiger partial charge in [0.05, 0.1) is 17.3 Å². The molecule has 0 radical (unpaired) electrons. The Kier molecular flexibility index (Phi) is 7.42. The smallest absolute Gasteiger partial charge is 0.416 e. The maximum absolute atomic E-state index is 12.8. The van der Waals surface area contributed by atoms with Gasteiger partial charge in [0.2, 0.25) is 0 Å². The van der Waals surface area contributed by atoms with E-state index in [-0.39, 0.29) is 11.4 Å². The number of rotatable bonds is 5. The van der Waals surface area contributed by atoms with Crippen LogP contribution in [0.1, 0.15) is 27.0 Å². The average Bonchev–Trinajstić information content (AvgIpc) is 2.80. The third-order valence-corrected chi connectivity index (χ3v) is 4.43. The van der Waals surface area contributed by atoms with Crippen LogP contribution in [0, 0.1) is 6.92 Å². The van der Waals surface area contributed by atoms with Crippen LogP contribution in [0.5, 0.6) is 5.75 Å². The first-order chi connectivity index (χ1) is 16.1. The average molecular weight is 469 g/mol. The molecule has 2 N–H and O–H groups in total. The number of halogens is 3. The highest BCUT2D eigenvalue weighted by atomic mass is 19.4. The van der Waals surface area contributed by atoms with Gasteiger partial charge in [-0.05, 0) is 49.4 Å². The third kappa shape index (κ3) is 6.52. The van der Waals surface area contributed by atoms with Gasteiger partial charge in [-0.15, -0.1) is 0 Å². The van der Waals surface area contributed by atoms with Gasteiger partial charge in [-0.25, -0.2) is 10.2 Å². The Morgan fingerprint density at radius 3 is 2.32 bits per heavy atom. The highest BCUT2D eigenvalue weighted by Crippen LogP contribution is 2.30. The van der Waals surface area contributed by atoms with Crippen molar-refractivity contribution in [3.05, 3.63) is 95.1 Å². The van der Waals surface area contributed by atoms with Crippen LogP contribution in [0.4, 0.5) is 18.9 Å². The Labute approximate surface area is 192 Å². The minimum absolute atomic E-state index is 0.166. The molecule has 3 aromatic rings. The first kappa shape index (κ1) is 24.2. The summed E-state index contributed by atoms with van der Waals surface area (Å²) < 4.78 is 43.7. The summed E-state index contributed by atoms with van der Waals surface area (Å²) in [5, 5.41) is 5.72. The maximum atomic E-state index is 12.8. The summed E-state index contributed by atoms with van der Waals surface area (Å²) >= 11 is 0. The van der Waals surface area contributed by atoms with Gasteiger partial charge >= 0.3 is 24.0 Å². The van der Waals surface area contributed by atoms with Crippen molar-refractivity contribution in [3.8, 4) is 5.75 Å². The van der Waals surface area contributed by atoms with Crippen molar-refractivity contribution >= 4 is 29.7 Å². The number of benzene rings is 3. The van der Waals surface area contributed by atoms with Gasteiger partial charge in [0.15, 0.2) is 0 Å². The van der Waals surface area contributed by atoms with Gasteiger partial charge in [-0.1, -0.05) is 35.9 Å². The van der Waals surface area contributed by atoms with Crippen LogP contribution in [0.15, 0.2) is 77.9 Å². The number of hydrogen-bond donors (Lipinski definition) is 2. The number of amides is 2. The number of para-hydroxylation sites is 1. The van der Waals surface area contributed by atoms with E-state index >= 15 is 0 Å². The molecular formula is C24H18F3N3O4. The van der Waals surface area contributed by atoms with Crippen LogP contribution in [0.25, 0.3) is 0 Å². The van der Waals surface area contributed by atoms with E-state index in [1.165, 1.54) is 12.1 Å². The SMILES string of the molecule is Cc1ccc(C(=O)Oc2ccccc2/C=N/NC(=O)C(=O)Nc2cccc(C(F)(F)F)c2)cc1. The number of alkyl halides is 3. The van der Waals surface area contributed by atoms with Crippen molar-refractivity contribution in [3.63, 3.8) is 0 Å². The molecule has 10 heteroatoms. The molecule has 0 saturated carbocycles. The van der Waals surface area contributed by atoms with Gasteiger partial charge in [0.1, 0.15) is 5.75 Å². The summed E-state index contributed by atoms with van der Waals surface area (Å²) in [6, 6.07) is 17.0. The Morgan fingerprint density at radius 1 is 0.912 bits per heavy atom. The molecule has 0 aliphatic heterocycles. The summed E-state index contributed by atoms with van der Waals surface area (Å²) in [7, 11) is 0. The molecule has 34 heavy (non-hydrogen) atoms. The van der Waals surface area contributed by atoms with E-state index in [0.717, 1.165) is 23.9 Å². The van der Waals surface area contributed by atoms with Crippen molar-refractivity contribution in [1.82, 2.24) is 5.43 Å². The number of esters is 1. The summed E-state index contributed by atoms with van der Waals surface area (Å²) in [6.07, 6.45) is -3.43. The third-order valence-electron chi connectivity index (χ3n) is 4.43. The first-order valence-electron chi connectivity index (χ1n) is 9.83.